The molecule has 6 rings (SSSR count). The first kappa shape index (κ1) is 27.5. The zero-order valence-electron chi connectivity index (χ0n) is 24.1. The number of fused-ring (bicyclic) bond motifs is 2. The average Bonchev–Trinajstić information content (AvgIpc) is 3.39. The van der Waals surface area contributed by atoms with Crippen LogP contribution in [0.2, 0.25) is 0 Å². The fourth-order valence-corrected chi connectivity index (χ4v) is 5.28. The molecule has 0 saturated carbocycles. The summed E-state index contributed by atoms with van der Waals surface area (Å²) in [5.74, 6) is 1.24. The van der Waals surface area contributed by atoms with Crippen LogP contribution in [-0.4, -0.2) is 37.9 Å². The van der Waals surface area contributed by atoms with Crippen LogP contribution in [0.5, 0.6) is 17.2 Å². The highest BCUT2D eigenvalue weighted by atomic mass is 16.5. The van der Waals surface area contributed by atoms with Gasteiger partial charge in [0.2, 0.25) is 0 Å². The maximum atomic E-state index is 12.7. The van der Waals surface area contributed by atoms with Crippen molar-refractivity contribution < 1.29 is 24.1 Å². The van der Waals surface area contributed by atoms with Gasteiger partial charge in [0.25, 0.3) is 0 Å². The molecule has 0 fully saturated rings. The van der Waals surface area contributed by atoms with Crippen molar-refractivity contribution in [3.05, 3.63) is 95.7 Å². The van der Waals surface area contributed by atoms with Crippen molar-refractivity contribution in [2.75, 3.05) is 6.61 Å². The minimum absolute atomic E-state index is 0.475. The summed E-state index contributed by atoms with van der Waals surface area (Å²) in [7, 11) is 0. The number of carboxylic acid groups (broad SMARTS) is 1. The molecule has 2 aromatic heterocycles. The third kappa shape index (κ3) is 5.58. The lowest BCUT2D eigenvalue weighted by Crippen LogP contribution is -2.29. The number of benzene rings is 3. The lowest BCUT2D eigenvalue weighted by molar-refractivity contribution is -0.160. The number of aromatic nitrogens is 3. The van der Waals surface area contributed by atoms with E-state index < -0.39 is 17.7 Å². The van der Waals surface area contributed by atoms with E-state index in [9.17, 15) is 9.90 Å². The minimum atomic E-state index is -1.24. The van der Waals surface area contributed by atoms with Gasteiger partial charge in [-0.25, -0.2) is 14.3 Å². The second kappa shape index (κ2) is 10.9. The lowest BCUT2D eigenvalue weighted by Gasteiger charge is -2.28. The van der Waals surface area contributed by atoms with Gasteiger partial charge in [-0.3, -0.25) is 0 Å². The van der Waals surface area contributed by atoms with E-state index in [4.69, 9.17) is 24.3 Å². The van der Waals surface area contributed by atoms with Crippen molar-refractivity contribution in [3.8, 4) is 39.8 Å². The number of aryl methyl sites for hydroxylation is 2. The predicted octanol–water partition coefficient (Wildman–Crippen LogP) is 7.43. The Balaban J connectivity index is 1.49. The molecular weight excluding hydrogens is 530 g/mol. The summed E-state index contributed by atoms with van der Waals surface area (Å²) >= 11 is 0. The molecule has 8 heteroatoms. The normalized spacial score (nSPS) is 13.8. The molecule has 8 nitrogen and oxygen atoms in total. The van der Waals surface area contributed by atoms with E-state index in [1.165, 1.54) is 0 Å². The summed E-state index contributed by atoms with van der Waals surface area (Å²) < 4.78 is 19.7. The van der Waals surface area contributed by atoms with Gasteiger partial charge < -0.3 is 19.3 Å². The van der Waals surface area contributed by atoms with Crippen LogP contribution in [0.3, 0.4) is 0 Å². The van der Waals surface area contributed by atoms with Crippen molar-refractivity contribution in [1.29, 1.82) is 0 Å². The Morgan fingerprint density at radius 1 is 0.976 bits per heavy atom. The molecular formula is C34H33N3O5. The number of hydrogen-bond donors (Lipinski definition) is 1. The molecule has 0 aliphatic carbocycles. The summed E-state index contributed by atoms with van der Waals surface area (Å²) in [5.41, 5.74) is 5.08. The summed E-state index contributed by atoms with van der Waals surface area (Å²) in [6.45, 7) is 8.05. The Labute approximate surface area is 244 Å². The minimum Gasteiger partial charge on any atom is -0.493 e. The number of ether oxygens (including phenoxy) is 3. The fourth-order valence-electron chi connectivity index (χ4n) is 5.28. The number of hydrogen-bond acceptors (Lipinski definition) is 6. The van der Waals surface area contributed by atoms with Gasteiger partial charge in [0.1, 0.15) is 17.2 Å². The molecule has 5 aromatic rings. The van der Waals surface area contributed by atoms with E-state index in [1.54, 1.807) is 4.52 Å². The summed E-state index contributed by atoms with van der Waals surface area (Å²) in [6, 6.07) is 25.2. The first-order valence-electron chi connectivity index (χ1n) is 14.1. The van der Waals surface area contributed by atoms with Gasteiger partial charge in [-0.2, -0.15) is 5.10 Å². The van der Waals surface area contributed by atoms with Crippen molar-refractivity contribution in [2.45, 2.75) is 52.2 Å². The van der Waals surface area contributed by atoms with E-state index in [2.05, 4.69) is 6.07 Å². The van der Waals surface area contributed by atoms with Crippen LogP contribution in [0.25, 0.3) is 28.2 Å². The molecule has 1 N–H and O–H groups in total. The molecule has 3 aromatic carbocycles. The average molecular weight is 564 g/mol. The first-order chi connectivity index (χ1) is 20.2. The van der Waals surface area contributed by atoms with Gasteiger partial charge in [-0.1, -0.05) is 18.2 Å². The van der Waals surface area contributed by atoms with Crippen LogP contribution < -0.4 is 9.47 Å². The lowest BCUT2D eigenvalue weighted by atomic mass is 9.96. The molecule has 0 saturated heterocycles. The molecule has 0 bridgehead atoms. The fraction of sp³-hybridized carbons (Fsp3) is 0.265. The molecule has 0 radical (unpaired) electrons. The van der Waals surface area contributed by atoms with Crippen LogP contribution in [0.15, 0.2) is 78.9 Å². The maximum absolute atomic E-state index is 12.7. The molecule has 1 unspecified atom stereocenters. The van der Waals surface area contributed by atoms with Gasteiger partial charge in [0, 0.05) is 28.5 Å². The molecule has 1 aliphatic rings. The van der Waals surface area contributed by atoms with Crippen LogP contribution >= 0.6 is 0 Å². The summed E-state index contributed by atoms with van der Waals surface area (Å²) in [5, 5.41) is 15.3. The van der Waals surface area contributed by atoms with Crippen molar-refractivity contribution in [2.24, 2.45) is 0 Å². The molecule has 42 heavy (non-hydrogen) atoms. The van der Waals surface area contributed by atoms with E-state index in [0.29, 0.717) is 40.6 Å². The molecule has 1 atom stereocenters. The largest absolute Gasteiger partial charge is 0.493 e. The Bertz CT molecular complexity index is 1750. The number of carboxylic acids is 1. The number of aliphatic carboxylic acids is 1. The highest BCUT2D eigenvalue weighted by Gasteiger charge is 2.33. The van der Waals surface area contributed by atoms with Crippen molar-refractivity contribution in [3.63, 3.8) is 0 Å². The van der Waals surface area contributed by atoms with E-state index in [0.717, 1.165) is 41.0 Å². The van der Waals surface area contributed by atoms with Gasteiger partial charge in [-0.15, -0.1) is 0 Å². The second-order valence-corrected chi connectivity index (χ2v) is 11.4. The Hall–Kier alpha value is -4.69. The summed E-state index contributed by atoms with van der Waals surface area (Å²) in [6.07, 6.45) is 0.565. The highest BCUT2D eigenvalue weighted by molar-refractivity contribution is 5.81. The van der Waals surface area contributed by atoms with Crippen LogP contribution in [-0.2, 0) is 16.0 Å². The maximum Gasteiger partial charge on any atom is 0.337 e. The number of rotatable bonds is 7. The SMILES string of the molecule is Cc1nc2cc(-c3ccc(Oc4ccccc4)cc3)nn2c(-c2ccc3c(c2)CCCO3)c1C(OC(C)(C)C)C(=O)O. The Morgan fingerprint density at radius 2 is 1.69 bits per heavy atom. The summed E-state index contributed by atoms with van der Waals surface area (Å²) in [4.78, 5) is 17.5. The third-order valence-electron chi connectivity index (χ3n) is 7.10. The third-order valence-corrected chi connectivity index (χ3v) is 7.10. The van der Waals surface area contributed by atoms with Crippen molar-refractivity contribution in [1.82, 2.24) is 14.6 Å². The zero-order valence-corrected chi connectivity index (χ0v) is 24.1. The van der Waals surface area contributed by atoms with E-state index >= 15 is 0 Å². The second-order valence-electron chi connectivity index (χ2n) is 11.4. The van der Waals surface area contributed by atoms with Crippen LogP contribution in [0.4, 0.5) is 0 Å². The van der Waals surface area contributed by atoms with Crippen LogP contribution in [0, 0.1) is 6.92 Å². The van der Waals surface area contributed by atoms with Gasteiger partial charge in [-0.05, 0) is 101 Å². The van der Waals surface area contributed by atoms with Crippen LogP contribution in [0.1, 0.15) is 50.1 Å². The Morgan fingerprint density at radius 3 is 2.40 bits per heavy atom. The molecule has 0 spiro atoms. The van der Waals surface area contributed by atoms with Gasteiger partial charge in [0.15, 0.2) is 11.8 Å². The quantitative estimate of drug-likeness (QED) is 0.220. The number of para-hydroxylation sites is 1. The number of nitrogens with zero attached hydrogens (tertiary/aromatic N) is 3. The van der Waals surface area contributed by atoms with Gasteiger partial charge in [0.05, 0.1) is 23.6 Å². The molecule has 1 aliphatic heterocycles. The molecule has 214 valence electrons. The van der Waals surface area contributed by atoms with E-state index in [1.807, 2.05) is 100 Å². The smallest absolute Gasteiger partial charge is 0.337 e. The monoisotopic (exact) mass is 563 g/mol. The zero-order chi connectivity index (χ0) is 29.4. The highest BCUT2D eigenvalue weighted by Crippen LogP contribution is 2.38. The predicted molar refractivity (Wildman–Crippen MR) is 160 cm³/mol. The first-order valence-corrected chi connectivity index (χ1v) is 14.1. The van der Waals surface area contributed by atoms with Crippen molar-refractivity contribution >= 4 is 11.6 Å². The molecule has 3 heterocycles. The van der Waals surface area contributed by atoms with E-state index in [-0.39, 0.29) is 0 Å². The van der Waals surface area contributed by atoms with Gasteiger partial charge >= 0.3 is 5.97 Å². The topological polar surface area (TPSA) is 95.2 Å². The number of carbonyl (C=O) groups is 1. The standard InChI is InChI=1S/C34H33N3O5/c1-21-30(32(33(38)39)42-34(2,3)4)31(24-14-17-28-23(19-24)9-8-18-40-28)37-29(35-21)20-27(36-37)22-12-15-26(16-13-22)41-25-10-6-5-7-11-25/h5-7,10-17,19-20,32H,8-9,18H2,1-4H3,(H,38,39). The molecule has 0 amide bonds. The Kier molecular flexibility index (Phi) is 7.16.